The highest BCUT2D eigenvalue weighted by molar-refractivity contribution is 5.81. The van der Waals surface area contributed by atoms with Gasteiger partial charge in [0.15, 0.2) is 11.5 Å². The molecule has 1 aromatic rings. The van der Waals surface area contributed by atoms with Crippen LogP contribution >= 0.6 is 0 Å². The number of nitrogens with zero attached hydrogens (tertiary/aromatic N) is 1. The third-order valence-electron chi connectivity index (χ3n) is 2.51. The van der Waals surface area contributed by atoms with Crippen LogP contribution in [0.25, 0.3) is 0 Å². The molecule has 7 heteroatoms. The minimum Gasteiger partial charge on any atom is -0.493 e. The number of rotatable bonds is 5. The van der Waals surface area contributed by atoms with Crippen molar-refractivity contribution in [1.29, 1.82) is 5.26 Å². The quantitative estimate of drug-likeness (QED) is 0.776. The lowest BCUT2D eigenvalue weighted by atomic mass is 10.0. The Morgan fingerprint density at radius 3 is 2.30 bits per heavy atom. The van der Waals surface area contributed by atoms with E-state index in [1.165, 1.54) is 21.1 Å². The Hall–Kier alpha value is -2.36. The fourth-order valence-corrected chi connectivity index (χ4v) is 1.56. The summed E-state index contributed by atoms with van der Waals surface area (Å²) < 4.78 is 42.2. The Bertz CT molecular complexity index is 552. The fourth-order valence-electron chi connectivity index (χ4n) is 1.56. The predicted octanol–water partition coefficient (Wildman–Crippen LogP) is 2.23. The van der Waals surface area contributed by atoms with Gasteiger partial charge in [-0.2, -0.15) is 14.0 Å². The molecule has 0 aliphatic rings. The molecule has 0 N–H and O–H groups in total. The molecule has 0 spiro atoms. The zero-order valence-corrected chi connectivity index (χ0v) is 11.2. The Morgan fingerprint density at radius 2 is 1.85 bits per heavy atom. The summed E-state index contributed by atoms with van der Waals surface area (Å²) in [6.45, 7) is 1.22. The first-order valence-electron chi connectivity index (χ1n) is 5.64. The highest BCUT2D eigenvalue weighted by atomic mass is 19.3. The molecule has 108 valence electrons. The molecule has 0 bridgehead atoms. The second kappa shape index (κ2) is 6.19. The molecular formula is C13H13F2NO4. The Balaban J connectivity index is 3.43. The van der Waals surface area contributed by atoms with E-state index in [2.05, 4.69) is 4.74 Å². The second-order valence-electron chi connectivity index (χ2n) is 3.66. The summed E-state index contributed by atoms with van der Waals surface area (Å²) >= 11 is 0. The average molecular weight is 285 g/mol. The number of benzene rings is 1. The topological polar surface area (TPSA) is 68.6 Å². The van der Waals surface area contributed by atoms with Crippen LogP contribution in [0, 0.1) is 11.3 Å². The van der Waals surface area contributed by atoms with Gasteiger partial charge in [0.05, 0.1) is 38.0 Å². The van der Waals surface area contributed by atoms with Crippen molar-refractivity contribution in [3.05, 3.63) is 23.3 Å². The van der Waals surface area contributed by atoms with Gasteiger partial charge in [-0.1, -0.05) is 0 Å². The van der Waals surface area contributed by atoms with Gasteiger partial charge >= 0.3 is 11.9 Å². The second-order valence-corrected chi connectivity index (χ2v) is 3.66. The number of halogens is 2. The number of alkyl halides is 2. The van der Waals surface area contributed by atoms with Gasteiger partial charge in [0.2, 0.25) is 0 Å². The van der Waals surface area contributed by atoms with Crippen molar-refractivity contribution in [1.82, 2.24) is 0 Å². The molecule has 5 nitrogen and oxygen atoms in total. The molecule has 0 saturated heterocycles. The van der Waals surface area contributed by atoms with Crippen molar-refractivity contribution in [3.63, 3.8) is 0 Å². The van der Waals surface area contributed by atoms with E-state index in [-0.39, 0.29) is 23.7 Å². The van der Waals surface area contributed by atoms with Crippen LogP contribution in [-0.2, 0) is 15.5 Å². The normalized spacial score (nSPS) is 10.6. The molecule has 0 aliphatic carbocycles. The van der Waals surface area contributed by atoms with Gasteiger partial charge in [0, 0.05) is 6.07 Å². The lowest BCUT2D eigenvalue weighted by Gasteiger charge is -2.18. The van der Waals surface area contributed by atoms with Crippen molar-refractivity contribution in [3.8, 4) is 17.6 Å². The van der Waals surface area contributed by atoms with Crippen LogP contribution in [0.2, 0.25) is 0 Å². The van der Waals surface area contributed by atoms with Crippen molar-refractivity contribution in [2.75, 3.05) is 20.8 Å². The van der Waals surface area contributed by atoms with Gasteiger partial charge in [-0.3, -0.25) is 0 Å². The molecule has 20 heavy (non-hydrogen) atoms. The van der Waals surface area contributed by atoms with E-state index < -0.39 is 17.5 Å². The molecule has 0 radical (unpaired) electrons. The number of methoxy groups -OCH3 is 2. The standard InChI is InChI=1S/C13H13F2NO4/c1-4-20-12(17)13(14,15)9-6-11(19-3)10(18-2)5-8(9)7-16/h5-6H,4H2,1-3H3. The minimum absolute atomic E-state index is 0.00882. The maximum Gasteiger partial charge on any atom is 0.382 e. The number of ether oxygens (including phenoxy) is 3. The highest BCUT2D eigenvalue weighted by Gasteiger charge is 2.45. The molecule has 0 fully saturated rings. The molecule has 1 aromatic carbocycles. The molecule has 0 atom stereocenters. The van der Waals surface area contributed by atoms with Crippen LogP contribution in [0.1, 0.15) is 18.1 Å². The lowest BCUT2D eigenvalue weighted by Crippen LogP contribution is -2.29. The number of hydrogen-bond acceptors (Lipinski definition) is 5. The van der Waals surface area contributed by atoms with Crippen LogP contribution < -0.4 is 9.47 Å². The van der Waals surface area contributed by atoms with Crippen molar-refractivity contribution < 1.29 is 27.8 Å². The van der Waals surface area contributed by atoms with Gasteiger partial charge in [-0.25, -0.2) is 4.79 Å². The number of carbonyl (C=O) groups excluding carboxylic acids is 1. The number of hydrogen-bond donors (Lipinski definition) is 0. The van der Waals surface area contributed by atoms with Gasteiger partial charge in [0.25, 0.3) is 0 Å². The largest absolute Gasteiger partial charge is 0.493 e. The van der Waals surface area contributed by atoms with E-state index in [4.69, 9.17) is 14.7 Å². The molecule has 0 unspecified atom stereocenters. The summed E-state index contributed by atoms with van der Waals surface area (Å²) in [6, 6.07) is 3.58. The Morgan fingerprint density at radius 1 is 1.30 bits per heavy atom. The summed E-state index contributed by atoms with van der Waals surface area (Å²) in [7, 11) is 2.57. The van der Waals surface area contributed by atoms with Crippen LogP contribution in [0.15, 0.2) is 12.1 Å². The maximum absolute atomic E-state index is 14.0. The van der Waals surface area contributed by atoms with Gasteiger partial charge < -0.3 is 14.2 Å². The van der Waals surface area contributed by atoms with E-state index in [1.54, 1.807) is 6.07 Å². The van der Waals surface area contributed by atoms with E-state index in [0.29, 0.717) is 0 Å². The zero-order chi connectivity index (χ0) is 15.3. The highest BCUT2D eigenvalue weighted by Crippen LogP contribution is 2.38. The summed E-state index contributed by atoms with van der Waals surface area (Å²) in [4.78, 5) is 11.3. The third-order valence-corrected chi connectivity index (χ3v) is 2.51. The van der Waals surface area contributed by atoms with E-state index in [9.17, 15) is 13.6 Å². The first-order valence-corrected chi connectivity index (χ1v) is 5.64. The smallest absolute Gasteiger partial charge is 0.382 e. The zero-order valence-electron chi connectivity index (χ0n) is 11.2. The molecule has 0 aliphatic heterocycles. The number of esters is 1. The average Bonchev–Trinajstić information content (AvgIpc) is 2.45. The molecule has 0 saturated carbocycles. The van der Waals surface area contributed by atoms with Crippen LogP contribution in [0.3, 0.4) is 0 Å². The maximum atomic E-state index is 14.0. The molecule has 0 aromatic heterocycles. The van der Waals surface area contributed by atoms with Crippen molar-refractivity contribution >= 4 is 5.97 Å². The molecule has 0 heterocycles. The number of nitriles is 1. The third kappa shape index (κ3) is 2.79. The fraction of sp³-hybridized carbons (Fsp3) is 0.385. The molecule has 0 amide bonds. The van der Waals surface area contributed by atoms with Gasteiger partial charge in [-0.15, -0.1) is 0 Å². The minimum atomic E-state index is -3.94. The molecular weight excluding hydrogens is 272 g/mol. The van der Waals surface area contributed by atoms with Gasteiger partial charge in [0.1, 0.15) is 0 Å². The van der Waals surface area contributed by atoms with Crippen LogP contribution in [0.5, 0.6) is 11.5 Å². The summed E-state index contributed by atoms with van der Waals surface area (Å²) in [5.41, 5.74) is -1.17. The number of carbonyl (C=O) groups is 1. The molecule has 1 rings (SSSR count). The summed E-state index contributed by atoms with van der Waals surface area (Å²) in [5.74, 6) is -5.55. The van der Waals surface area contributed by atoms with Crippen LogP contribution in [-0.4, -0.2) is 26.8 Å². The Labute approximate surface area is 114 Å². The van der Waals surface area contributed by atoms with Crippen molar-refractivity contribution in [2.45, 2.75) is 12.8 Å². The van der Waals surface area contributed by atoms with Crippen molar-refractivity contribution in [2.24, 2.45) is 0 Å². The van der Waals surface area contributed by atoms with Gasteiger partial charge in [-0.05, 0) is 13.0 Å². The van der Waals surface area contributed by atoms with E-state index in [0.717, 1.165) is 12.1 Å². The summed E-state index contributed by atoms with van der Waals surface area (Å²) in [6.07, 6.45) is 0. The Kier molecular flexibility index (Phi) is 4.86. The summed E-state index contributed by atoms with van der Waals surface area (Å²) in [5, 5.41) is 8.95. The predicted molar refractivity (Wildman–Crippen MR) is 64.8 cm³/mol. The first-order chi connectivity index (χ1) is 9.42. The first kappa shape index (κ1) is 15.7. The van der Waals surface area contributed by atoms with Crippen LogP contribution in [0.4, 0.5) is 8.78 Å². The monoisotopic (exact) mass is 285 g/mol. The van der Waals surface area contributed by atoms with E-state index >= 15 is 0 Å². The van der Waals surface area contributed by atoms with E-state index in [1.807, 2.05) is 0 Å². The lowest BCUT2D eigenvalue weighted by molar-refractivity contribution is -0.173. The SMILES string of the molecule is CCOC(=O)C(F)(F)c1cc(OC)c(OC)cc1C#N.